The summed E-state index contributed by atoms with van der Waals surface area (Å²) in [4.78, 5) is 0. The number of hydrogen-bond acceptors (Lipinski definition) is 1. The Morgan fingerprint density at radius 3 is 2.23 bits per heavy atom. The molecule has 3 atom stereocenters. The van der Waals surface area contributed by atoms with Gasteiger partial charge in [-0.3, -0.25) is 0 Å². The molecule has 1 nitrogen and oxygen atoms in total. The van der Waals surface area contributed by atoms with Crippen LogP contribution in [-0.2, 0) is 0 Å². The molecular formula is C12H25N. The maximum absolute atomic E-state index is 3.70. The SMILES string of the molecule is CCCNC(C1CC1C)C(C)(C)C. The first kappa shape index (κ1) is 11.0. The van der Waals surface area contributed by atoms with E-state index in [0.717, 1.165) is 17.9 Å². The fourth-order valence-electron chi connectivity index (χ4n) is 2.21. The van der Waals surface area contributed by atoms with E-state index in [1.165, 1.54) is 19.4 Å². The lowest BCUT2D eigenvalue weighted by Gasteiger charge is -2.32. The van der Waals surface area contributed by atoms with Crippen LogP contribution in [0.1, 0.15) is 47.5 Å². The summed E-state index contributed by atoms with van der Waals surface area (Å²) in [6, 6.07) is 0.724. The molecule has 0 radical (unpaired) electrons. The van der Waals surface area contributed by atoms with Gasteiger partial charge in [0.2, 0.25) is 0 Å². The van der Waals surface area contributed by atoms with E-state index in [2.05, 4.69) is 39.9 Å². The van der Waals surface area contributed by atoms with Crippen LogP contribution in [0.2, 0.25) is 0 Å². The van der Waals surface area contributed by atoms with Gasteiger partial charge in [-0.25, -0.2) is 0 Å². The molecule has 0 aromatic carbocycles. The van der Waals surface area contributed by atoms with Gasteiger partial charge in [0, 0.05) is 6.04 Å². The smallest absolute Gasteiger partial charge is 0.0146 e. The number of rotatable bonds is 4. The van der Waals surface area contributed by atoms with E-state index in [1.807, 2.05) is 0 Å². The minimum atomic E-state index is 0.421. The van der Waals surface area contributed by atoms with Crippen molar-refractivity contribution >= 4 is 0 Å². The van der Waals surface area contributed by atoms with E-state index in [0.29, 0.717) is 5.41 Å². The predicted octanol–water partition coefficient (Wildman–Crippen LogP) is 3.06. The second kappa shape index (κ2) is 4.00. The van der Waals surface area contributed by atoms with Gasteiger partial charge in [0.05, 0.1) is 0 Å². The Balaban J connectivity index is 2.45. The van der Waals surface area contributed by atoms with Crippen molar-refractivity contribution in [1.29, 1.82) is 0 Å². The van der Waals surface area contributed by atoms with Gasteiger partial charge in [0.15, 0.2) is 0 Å². The molecule has 1 rings (SSSR count). The average molecular weight is 183 g/mol. The van der Waals surface area contributed by atoms with E-state index in [-0.39, 0.29) is 0 Å². The molecular weight excluding hydrogens is 158 g/mol. The van der Waals surface area contributed by atoms with Crippen LogP contribution in [0.15, 0.2) is 0 Å². The third-order valence-corrected chi connectivity index (χ3v) is 3.15. The highest BCUT2D eigenvalue weighted by atomic mass is 14.9. The van der Waals surface area contributed by atoms with Gasteiger partial charge in [-0.05, 0) is 36.6 Å². The topological polar surface area (TPSA) is 12.0 Å². The lowest BCUT2D eigenvalue weighted by Crippen LogP contribution is -2.42. The van der Waals surface area contributed by atoms with E-state index in [9.17, 15) is 0 Å². The summed E-state index contributed by atoms with van der Waals surface area (Å²) in [7, 11) is 0. The fourth-order valence-corrected chi connectivity index (χ4v) is 2.21. The summed E-state index contributed by atoms with van der Waals surface area (Å²) in [5.74, 6) is 1.89. The predicted molar refractivity (Wildman–Crippen MR) is 58.8 cm³/mol. The minimum Gasteiger partial charge on any atom is -0.313 e. The lowest BCUT2D eigenvalue weighted by atomic mass is 9.83. The highest BCUT2D eigenvalue weighted by Gasteiger charge is 2.43. The summed E-state index contributed by atoms with van der Waals surface area (Å²) in [5, 5.41) is 3.70. The van der Waals surface area contributed by atoms with Gasteiger partial charge in [-0.2, -0.15) is 0 Å². The molecule has 1 heteroatoms. The highest BCUT2D eigenvalue weighted by Crippen LogP contribution is 2.45. The van der Waals surface area contributed by atoms with Crippen LogP contribution in [0, 0.1) is 17.3 Å². The van der Waals surface area contributed by atoms with Crippen LogP contribution in [0.5, 0.6) is 0 Å². The molecule has 3 unspecified atom stereocenters. The summed E-state index contributed by atoms with van der Waals surface area (Å²) >= 11 is 0. The van der Waals surface area contributed by atoms with Crippen LogP contribution < -0.4 is 5.32 Å². The van der Waals surface area contributed by atoms with Crippen molar-refractivity contribution in [2.45, 2.75) is 53.5 Å². The van der Waals surface area contributed by atoms with Crippen molar-refractivity contribution in [1.82, 2.24) is 5.32 Å². The maximum atomic E-state index is 3.70. The van der Waals surface area contributed by atoms with E-state index in [1.54, 1.807) is 0 Å². The number of hydrogen-bond donors (Lipinski definition) is 1. The third-order valence-electron chi connectivity index (χ3n) is 3.15. The molecule has 1 aliphatic rings. The summed E-state index contributed by atoms with van der Waals surface area (Å²) in [6.45, 7) is 12.8. The zero-order chi connectivity index (χ0) is 10.1. The Kier molecular flexibility index (Phi) is 3.39. The maximum Gasteiger partial charge on any atom is 0.0146 e. The first-order valence-corrected chi connectivity index (χ1v) is 5.70. The summed E-state index contributed by atoms with van der Waals surface area (Å²) < 4.78 is 0. The van der Waals surface area contributed by atoms with E-state index >= 15 is 0 Å². The lowest BCUT2D eigenvalue weighted by molar-refractivity contribution is 0.235. The molecule has 0 heterocycles. The molecule has 0 aromatic rings. The standard InChI is InChI=1S/C12H25N/c1-6-7-13-11(12(3,4)5)10-8-9(10)2/h9-11,13H,6-8H2,1-5H3. The van der Waals surface area contributed by atoms with Crippen LogP contribution in [-0.4, -0.2) is 12.6 Å². The first-order valence-electron chi connectivity index (χ1n) is 5.70. The fraction of sp³-hybridized carbons (Fsp3) is 1.00. The average Bonchev–Trinajstić information content (AvgIpc) is 2.65. The van der Waals surface area contributed by atoms with Crippen molar-refractivity contribution in [2.24, 2.45) is 17.3 Å². The Labute approximate surface area is 83.3 Å². The molecule has 0 bridgehead atoms. The van der Waals surface area contributed by atoms with Crippen LogP contribution in [0.4, 0.5) is 0 Å². The first-order chi connectivity index (χ1) is 5.96. The zero-order valence-electron chi connectivity index (χ0n) is 9.85. The monoisotopic (exact) mass is 183 g/mol. The minimum absolute atomic E-state index is 0.421. The van der Waals surface area contributed by atoms with Gasteiger partial charge < -0.3 is 5.32 Å². The van der Waals surface area contributed by atoms with Gasteiger partial charge in [0.25, 0.3) is 0 Å². The van der Waals surface area contributed by atoms with E-state index < -0.39 is 0 Å². The Hall–Kier alpha value is -0.0400. The van der Waals surface area contributed by atoms with Gasteiger partial charge in [-0.15, -0.1) is 0 Å². The molecule has 1 fully saturated rings. The Morgan fingerprint density at radius 2 is 1.92 bits per heavy atom. The molecule has 0 saturated heterocycles. The summed E-state index contributed by atoms with van der Waals surface area (Å²) in [6.07, 6.45) is 2.67. The van der Waals surface area contributed by atoms with Gasteiger partial charge in [0.1, 0.15) is 0 Å². The van der Waals surface area contributed by atoms with Gasteiger partial charge >= 0.3 is 0 Å². The molecule has 1 N–H and O–H groups in total. The highest BCUT2D eigenvalue weighted by molar-refractivity contribution is 4.97. The van der Waals surface area contributed by atoms with Crippen molar-refractivity contribution in [3.8, 4) is 0 Å². The van der Waals surface area contributed by atoms with Crippen molar-refractivity contribution in [2.75, 3.05) is 6.54 Å². The van der Waals surface area contributed by atoms with Crippen molar-refractivity contribution < 1.29 is 0 Å². The third kappa shape index (κ3) is 2.98. The van der Waals surface area contributed by atoms with Crippen molar-refractivity contribution in [3.05, 3.63) is 0 Å². The molecule has 0 spiro atoms. The molecule has 78 valence electrons. The molecule has 1 aliphatic carbocycles. The molecule has 1 saturated carbocycles. The number of nitrogens with one attached hydrogen (secondary N) is 1. The molecule has 0 aliphatic heterocycles. The van der Waals surface area contributed by atoms with E-state index in [4.69, 9.17) is 0 Å². The zero-order valence-corrected chi connectivity index (χ0v) is 9.85. The normalized spacial score (nSPS) is 30.2. The molecule has 13 heavy (non-hydrogen) atoms. The second-order valence-corrected chi connectivity index (χ2v) is 5.67. The Morgan fingerprint density at radius 1 is 1.38 bits per heavy atom. The quantitative estimate of drug-likeness (QED) is 0.706. The van der Waals surface area contributed by atoms with Crippen LogP contribution >= 0.6 is 0 Å². The molecule has 0 amide bonds. The second-order valence-electron chi connectivity index (χ2n) is 5.67. The van der Waals surface area contributed by atoms with Gasteiger partial charge in [-0.1, -0.05) is 34.6 Å². The van der Waals surface area contributed by atoms with Crippen LogP contribution in [0.3, 0.4) is 0 Å². The Bertz CT molecular complexity index is 157. The molecule has 0 aromatic heterocycles. The van der Waals surface area contributed by atoms with Crippen molar-refractivity contribution in [3.63, 3.8) is 0 Å². The summed E-state index contributed by atoms with van der Waals surface area (Å²) in [5.41, 5.74) is 0.421. The largest absolute Gasteiger partial charge is 0.313 e. The van der Waals surface area contributed by atoms with Crippen LogP contribution in [0.25, 0.3) is 0 Å².